The summed E-state index contributed by atoms with van der Waals surface area (Å²) < 4.78 is 2.12. The van der Waals surface area contributed by atoms with Crippen molar-refractivity contribution >= 4 is 11.0 Å². The molecule has 24 heavy (non-hydrogen) atoms. The Morgan fingerprint density at radius 2 is 2.04 bits per heavy atom. The Balaban J connectivity index is 2.02. The lowest BCUT2D eigenvalue weighted by atomic mass is 10.1. The second-order valence-corrected chi connectivity index (χ2v) is 5.40. The van der Waals surface area contributed by atoms with Gasteiger partial charge in [0.1, 0.15) is 5.82 Å². The molecule has 0 N–H and O–H groups in total. The summed E-state index contributed by atoms with van der Waals surface area (Å²) >= 11 is 0. The number of hydrogen-bond acceptors (Lipinski definition) is 3. The first-order valence-corrected chi connectivity index (χ1v) is 7.78. The van der Waals surface area contributed by atoms with Gasteiger partial charge in [-0.15, -0.1) is 0 Å². The molecule has 0 atom stereocenters. The van der Waals surface area contributed by atoms with E-state index < -0.39 is 0 Å². The van der Waals surface area contributed by atoms with Crippen molar-refractivity contribution in [3.05, 3.63) is 69.9 Å². The Bertz CT molecular complexity index is 956. The van der Waals surface area contributed by atoms with Gasteiger partial charge in [0.15, 0.2) is 0 Å². The van der Waals surface area contributed by atoms with Crippen molar-refractivity contribution in [1.82, 2.24) is 9.55 Å². The molecular formula is C18H16N6. The third kappa shape index (κ3) is 2.94. The van der Waals surface area contributed by atoms with Gasteiger partial charge in [-0.1, -0.05) is 24.2 Å². The maximum absolute atomic E-state index is 9.05. The lowest BCUT2D eigenvalue weighted by Gasteiger charge is -2.09. The number of rotatable bonds is 5. The highest BCUT2D eigenvalue weighted by Gasteiger charge is 2.11. The summed E-state index contributed by atoms with van der Waals surface area (Å²) in [5.41, 5.74) is 12.9. The lowest BCUT2D eigenvalue weighted by Crippen LogP contribution is -2.00. The number of aromatic nitrogens is 2. The third-order valence-electron chi connectivity index (χ3n) is 3.93. The lowest BCUT2D eigenvalue weighted by molar-refractivity contribution is 0.905. The van der Waals surface area contributed by atoms with Gasteiger partial charge in [-0.3, -0.25) is 4.57 Å². The molecule has 0 amide bonds. The SMILES string of the molecule is CCc1nc2cc(C#N)ccc2n1-c1ccc(CCN=[N+]=[N-])cc1. The van der Waals surface area contributed by atoms with Crippen molar-refractivity contribution in [2.75, 3.05) is 6.54 Å². The minimum Gasteiger partial charge on any atom is -0.296 e. The van der Waals surface area contributed by atoms with Crippen LogP contribution in [0.3, 0.4) is 0 Å². The molecule has 0 saturated heterocycles. The van der Waals surface area contributed by atoms with Crippen LogP contribution >= 0.6 is 0 Å². The maximum Gasteiger partial charge on any atom is 0.114 e. The summed E-state index contributed by atoms with van der Waals surface area (Å²) in [6, 6.07) is 15.9. The van der Waals surface area contributed by atoms with Crippen molar-refractivity contribution in [3.63, 3.8) is 0 Å². The van der Waals surface area contributed by atoms with Gasteiger partial charge < -0.3 is 0 Å². The van der Waals surface area contributed by atoms with Crippen LogP contribution in [-0.4, -0.2) is 16.1 Å². The first kappa shape index (κ1) is 15.6. The summed E-state index contributed by atoms with van der Waals surface area (Å²) in [5.74, 6) is 0.960. The number of benzene rings is 2. The number of nitrogens with zero attached hydrogens (tertiary/aromatic N) is 6. The van der Waals surface area contributed by atoms with Crippen molar-refractivity contribution in [2.45, 2.75) is 19.8 Å². The number of imidazole rings is 1. The van der Waals surface area contributed by atoms with Crippen molar-refractivity contribution in [2.24, 2.45) is 5.11 Å². The minimum absolute atomic E-state index is 0.459. The molecule has 0 fully saturated rings. The first-order chi connectivity index (χ1) is 11.8. The molecule has 6 nitrogen and oxygen atoms in total. The van der Waals surface area contributed by atoms with Gasteiger partial charge in [-0.25, -0.2) is 4.98 Å². The summed E-state index contributed by atoms with van der Waals surface area (Å²) in [5, 5.41) is 12.6. The quantitative estimate of drug-likeness (QED) is 0.398. The van der Waals surface area contributed by atoms with E-state index >= 15 is 0 Å². The van der Waals surface area contributed by atoms with Crippen LogP contribution in [0.15, 0.2) is 47.6 Å². The van der Waals surface area contributed by atoms with Crippen LogP contribution < -0.4 is 0 Å². The molecule has 0 aliphatic rings. The van der Waals surface area contributed by atoms with Gasteiger partial charge in [0.2, 0.25) is 0 Å². The second-order valence-electron chi connectivity index (χ2n) is 5.40. The topological polar surface area (TPSA) is 90.4 Å². The highest BCUT2D eigenvalue weighted by molar-refractivity contribution is 5.79. The maximum atomic E-state index is 9.05. The molecule has 0 unspecified atom stereocenters. The van der Waals surface area contributed by atoms with Crippen LogP contribution in [0, 0.1) is 11.3 Å². The molecule has 1 aromatic heterocycles. The zero-order valence-electron chi connectivity index (χ0n) is 13.3. The van der Waals surface area contributed by atoms with Crippen molar-refractivity contribution in [1.29, 1.82) is 5.26 Å². The fourth-order valence-corrected chi connectivity index (χ4v) is 2.76. The smallest absolute Gasteiger partial charge is 0.114 e. The number of hydrogen-bond donors (Lipinski definition) is 0. The van der Waals surface area contributed by atoms with Crippen LogP contribution in [0.4, 0.5) is 0 Å². The standard InChI is InChI=1S/C18H16N6/c1-2-18-22-16-11-14(12-19)5-8-17(16)24(18)15-6-3-13(4-7-15)9-10-21-23-20/h3-8,11H,2,9-10H2,1H3. The molecule has 118 valence electrons. The minimum atomic E-state index is 0.459. The predicted octanol–water partition coefficient (Wildman–Crippen LogP) is 4.31. The van der Waals surface area contributed by atoms with E-state index in [2.05, 4.69) is 32.6 Å². The van der Waals surface area contributed by atoms with E-state index in [1.54, 1.807) is 0 Å². The van der Waals surface area contributed by atoms with Gasteiger partial charge in [0, 0.05) is 23.6 Å². The first-order valence-electron chi connectivity index (χ1n) is 7.78. The van der Waals surface area contributed by atoms with E-state index in [0.717, 1.165) is 41.0 Å². The Hall–Kier alpha value is -3.29. The predicted molar refractivity (Wildman–Crippen MR) is 92.9 cm³/mol. The molecule has 0 radical (unpaired) electrons. The Labute approximate surface area is 139 Å². The number of fused-ring (bicyclic) bond motifs is 1. The van der Waals surface area contributed by atoms with E-state index in [9.17, 15) is 0 Å². The summed E-state index contributed by atoms with van der Waals surface area (Å²) in [4.78, 5) is 7.43. The zero-order valence-corrected chi connectivity index (χ0v) is 13.3. The number of aryl methyl sites for hydroxylation is 1. The van der Waals surface area contributed by atoms with E-state index in [1.807, 2.05) is 42.5 Å². The molecule has 6 heteroatoms. The average Bonchev–Trinajstić information content (AvgIpc) is 3.00. The molecule has 0 aliphatic heterocycles. The summed E-state index contributed by atoms with van der Waals surface area (Å²) in [6.07, 6.45) is 1.52. The molecule has 2 aromatic carbocycles. The van der Waals surface area contributed by atoms with Gasteiger partial charge in [-0.2, -0.15) is 5.26 Å². The second kappa shape index (κ2) is 6.86. The number of nitriles is 1. The van der Waals surface area contributed by atoms with Crippen LogP contribution in [0.1, 0.15) is 23.9 Å². The molecule has 3 aromatic rings. The Morgan fingerprint density at radius 1 is 1.25 bits per heavy atom. The van der Waals surface area contributed by atoms with E-state index in [0.29, 0.717) is 12.1 Å². The molecule has 0 aliphatic carbocycles. The molecular weight excluding hydrogens is 300 g/mol. The van der Waals surface area contributed by atoms with Crippen LogP contribution in [0.2, 0.25) is 0 Å². The van der Waals surface area contributed by atoms with Crippen LogP contribution in [0.5, 0.6) is 0 Å². The van der Waals surface area contributed by atoms with Gasteiger partial charge >= 0.3 is 0 Å². The molecule has 1 heterocycles. The van der Waals surface area contributed by atoms with Crippen molar-refractivity contribution in [3.8, 4) is 11.8 Å². The third-order valence-corrected chi connectivity index (χ3v) is 3.93. The molecule has 3 rings (SSSR count). The van der Waals surface area contributed by atoms with Crippen LogP contribution in [0.25, 0.3) is 27.2 Å². The fourth-order valence-electron chi connectivity index (χ4n) is 2.76. The zero-order chi connectivity index (χ0) is 16.9. The van der Waals surface area contributed by atoms with Crippen molar-refractivity contribution < 1.29 is 0 Å². The molecule has 0 spiro atoms. The average molecular weight is 316 g/mol. The molecule has 0 saturated carbocycles. The Morgan fingerprint density at radius 3 is 2.71 bits per heavy atom. The highest BCUT2D eigenvalue weighted by atomic mass is 15.1. The van der Waals surface area contributed by atoms with E-state index in [4.69, 9.17) is 10.8 Å². The normalized spacial score (nSPS) is 10.3. The summed E-state index contributed by atoms with van der Waals surface area (Å²) in [6.45, 7) is 2.53. The summed E-state index contributed by atoms with van der Waals surface area (Å²) in [7, 11) is 0. The van der Waals surface area contributed by atoms with Gasteiger partial charge in [0.25, 0.3) is 0 Å². The monoisotopic (exact) mass is 316 g/mol. The van der Waals surface area contributed by atoms with Gasteiger partial charge in [0.05, 0.1) is 22.7 Å². The number of azide groups is 1. The Kier molecular flexibility index (Phi) is 4.46. The largest absolute Gasteiger partial charge is 0.296 e. The molecule has 0 bridgehead atoms. The van der Waals surface area contributed by atoms with E-state index in [1.165, 1.54) is 0 Å². The van der Waals surface area contributed by atoms with Crippen LogP contribution in [-0.2, 0) is 12.8 Å². The fraction of sp³-hybridized carbons (Fsp3) is 0.222. The van der Waals surface area contributed by atoms with Gasteiger partial charge in [-0.05, 0) is 47.8 Å². The highest BCUT2D eigenvalue weighted by Crippen LogP contribution is 2.23. The van der Waals surface area contributed by atoms with E-state index in [-0.39, 0.29) is 0 Å².